The summed E-state index contributed by atoms with van der Waals surface area (Å²) in [5.74, 6) is -3.45. The smallest absolute Gasteiger partial charge is 0.369 e. The van der Waals surface area contributed by atoms with E-state index in [1.165, 1.54) is 4.90 Å². The average Bonchev–Trinajstić information content (AvgIpc) is 2.91. The van der Waals surface area contributed by atoms with Gasteiger partial charge in [-0.05, 0) is 13.0 Å². The van der Waals surface area contributed by atoms with Crippen molar-refractivity contribution in [2.75, 3.05) is 13.1 Å². The first-order chi connectivity index (χ1) is 11.3. The number of fused-ring (bicyclic) bond motifs is 1. The Kier molecular flexibility index (Phi) is 4.16. The van der Waals surface area contributed by atoms with Crippen molar-refractivity contribution in [3.63, 3.8) is 0 Å². The summed E-state index contributed by atoms with van der Waals surface area (Å²) in [4.78, 5) is 21.7. The molecule has 2 heterocycles. The number of carbonyl (C=O) groups is 1. The molecule has 2 aromatic rings. The number of benzene rings is 1. The van der Waals surface area contributed by atoms with E-state index in [0.29, 0.717) is 5.82 Å². The van der Waals surface area contributed by atoms with E-state index in [4.69, 9.17) is 5.73 Å². The lowest BCUT2D eigenvalue weighted by atomic mass is 9.95. The average molecular weight is 338 g/mol. The van der Waals surface area contributed by atoms with Crippen molar-refractivity contribution in [3.05, 3.63) is 35.8 Å². The number of rotatable bonds is 3. The van der Waals surface area contributed by atoms with Crippen molar-refractivity contribution in [3.8, 4) is 0 Å². The van der Waals surface area contributed by atoms with Gasteiger partial charge in [-0.3, -0.25) is 9.69 Å². The second kappa shape index (κ2) is 6.01. The van der Waals surface area contributed by atoms with Crippen LogP contribution in [-0.2, 0) is 11.3 Å². The number of nitrogens with two attached hydrogens (primary N) is 1. The molecule has 0 unspecified atom stereocenters. The molecule has 1 aromatic heterocycles. The second-order valence-corrected chi connectivity index (χ2v) is 6.09. The van der Waals surface area contributed by atoms with Crippen molar-refractivity contribution < 1.29 is 18.0 Å². The topological polar surface area (TPSA) is 72.1 Å². The zero-order valence-electron chi connectivity index (χ0n) is 13.0. The summed E-state index contributed by atoms with van der Waals surface area (Å²) in [5.41, 5.74) is 6.66. The highest BCUT2D eigenvalue weighted by Crippen LogP contribution is 2.37. The van der Waals surface area contributed by atoms with E-state index in [0.717, 1.165) is 16.6 Å². The largest absolute Gasteiger partial charge is 0.393 e. The van der Waals surface area contributed by atoms with Gasteiger partial charge in [0.15, 0.2) is 0 Å². The molecule has 8 heteroatoms. The van der Waals surface area contributed by atoms with Gasteiger partial charge in [0.05, 0.1) is 23.9 Å². The number of amides is 1. The molecule has 128 valence electrons. The van der Waals surface area contributed by atoms with E-state index in [2.05, 4.69) is 9.97 Å². The van der Waals surface area contributed by atoms with Gasteiger partial charge in [0.1, 0.15) is 5.82 Å². The van der Waals surface area contributed by atoms with Crippen LogP contribution in [0.2, 0.25) is 0 Å². The van der Waals surface area contributed by atoms with Gasteiger partial charge in [0, 0.05) is 24.2 Å². The van der Waals surface area contributed by atoms with Crippen molar-refractivity contribution in [2.24, 2.45) is 17.6 Å². The third-order valence-corrected chi connectivity index (χ3v) is 4.39. The fourth-order valence-electron chi connectivity index (χ4n) is 3.20. The summed E-state index contributed by atoms with van der Waals surface area (Å²) in [6.45, 7) is 1.69. The SMILES string of the molecule is Cc1nc(CN2C[C@@H](C(F)(F)F)[C@H](C(N)=O)C2)nc2ccccc12. The lowest BCUT2D eigenvalue weighted by Crippen LogP contribution is -2.37. The number of likely N-dealkylation sites (tertiary alicyclic amines) is 1. The molecule has 3 rings (SSSR count). The first-order valence-electron chi connectivity index (χ1n) is 7.56. The van der Waals surface area contributed by atoms with E-state index in [1.54, 1.807) is 0 Å². The van der Waals surface area contributed by atoms with Crippen LogP contribution in [0, 0.1) is 18.8 Å². The Hall–Kier alpha value is -2.22. The highest BCUT2D eigenvalue weighted by Gasteiger charge is 2.51. The Bertz CT molecular complexity index is 777. The second-order valence-electron chi connectivity index (χ2n) is 6.09. The van der Waals surface area contributed by atoms with Gasteiger partial charge in [-0.15, -0.1) is 0 Å². The number of para-hydroxylation sites is 1. The van der Waals surface area contributed by atoms with Crippen molar-refractivity contribution >= 4 is 16.8 Å². The molecule has 1 aromatic carbocycles. The minimum absolute atomic E-state index is 0.0330. The number of nitrogens with zero attached hydrogens (tertiary/aromatic N) is 3. The number of halogens is 3. The summed E-state index contributed by atoms with van der Waals surface area (Å²) in [6.07, 6.45) is -4.45. The fraction of sp³-hybridized carbons (Fsp3) is 0.438. The molecule has 1 fully saturated rings. The number of hydrogen-bond donors (Lipinski definition) is 1. The predicted molar refractivity (Wildman–Crippen MR) is 81.8 cm³/mol. The predicted octanol–water partition coefficient (Wildman–Crippen LogP) is 2.03. The number of carbonyl (C=O) groups excluding carboxylic acids is 1. The Morgan fingerprint density at radius 1 is 1.29 bits per heavy atom. The van der Waals surface area contributed by atoms with E-state index >= 15 is 0 Å². The van der Waals surface area contributed by atoms with Gasteiger partial charge >= 0.3 is 6.18 Å². The highest BCUT2D eigenvalue weighted by molar-refractivity contribution is 5.80. The molecule has 0 aliphatic carbocycles. The van der Waals surface area contributed by atoms with E-state index < -0.39 is 23.9 Å². The van der Waals surface area contributed by atoms with Crippen LogP contribution in [0.25, 0.3) is 10.9 Å². The maximum Gasteiger partial charge on any atom is 0.393 e. The molecule has 1 amide bonds. The van der Waals surface area contributed by atoms with E-state index in [-0.39, 0.29) is 19.6 Å². The molecule has 0 saturated carbocycles. The monoisotopic (exact) mass is 338 g/mol. The Labute approximate surface area is 136 Å². The molecule has 0 spiro atoms. The quantitative estimate of drug-likeness (QED) is 0.929. The van der Waals surface area contributed by atoms with Gasteiger partial charge < -0.3 is 5.73 Å². The molecule has 2 atom stereocenters. The lowest BCUT2D eigenvalue weighted by Gasteiger charge is -2.18. The van der Waals surface area contributed by atoms with Crippen LogP contribution in [0.1, 0.15) is 11.5 Å². The highest BCUT2D eigenvalue weighted by atomic mass is 19.4. The van der Waals surface area contributed by atoms with Gasteiger partial charge in [0.25, 0.3) is 0 Å². The van der Waals surface area contributed by atoms with Gasteiger partial charge in [-0.1, -0.05) is 18.2 Å². The van der Waals surface area contributed by atoms with Crippen LogP contribution in [0.3, 0.4) is 0 Å². The molecular weight excluding hydrogens is 321 g/mol. The Balaban J connectivity index is 1.83. The molecule has 5 nitrogen and oxygen atoms in total. The van der Waals surface area contributed by atoms with Crippen molar-refractivity contribution in [1.29, 1.82) is 0 Å². The normalized spacial score (nSPS) is 22.2. The van der Waals surface area contributed by atoms with E-state index in [9.17, 15) is 18.0 Å². The van der Waals surface area contributed by atoms with Gasteiger partial charge in [0.2, 0.25) is 5.91 Å². The van der Waals surface area contributed by atoms with Gasteiger partial charge in [-0.25, -0.2) is 9.97 Å². The fourth-order valence-corrected chi connectivity index (χ4v) is 3.20. The minimum Gasteiger partial charge on any atom is -0.369 e. The van der Waals surface area contributed by atoms with Crippen LogP contribution < -0.4 is 5.73 Å². The Morgan fingerprint density at radius 3 is 2.62 bits per heavy atom. The number of aryl methyl sites for hydroxylation is 1. The van der Waals surface area contributed by atoms with Gasteiger partial charge in [-0.2, -0.15) is 13.2 Å². The van der Waals surface area contributed by atoms with Crippen LogP contribution >= 0.6 is 0 Å². The standard InChI is InChI=1S/C16H17F3N4O/c1-9-10-4-2-3-5-13(10)22-14(21-9)8-23-6-11(15(20)24)12(7-23)16(17,18)19/h2-5,11-12H,6-8H2,1H3,(H2,20,24)/t11-,12-/m1/s1. The van der Waals surface area contributed by atoms with Crippen molar-refractivity contribution in [2.45, 2.75) is 19.6 Å². The van der Waals surface area contributed by atoms with Crippen LogP contribution in [0.4, 0.5) is 13.2 Å². The third kappa shape index (κ3) is 3.19. The summed E-state index contributed by atoms with van der Waals surface area (Å²) in [6, 6.07) is 7.46. The first-order valence-corrected chi connectivity index (χ1v) is 7.56. The summed E-state index contributed by atoms with van der Waals surface area (Å²) in [7, 11) is 0. The maximum absolute atomic E-state index is 13.1. The van der Waals surface area contributed by atoms with Crippen LogP contribution in [0.5, 0.6) is 0 Å². The lowest BCUT2D eigenvalue weighted by molar-refractivity contribution is -0.182. The number of alkyl halides is 3. The maximum atomic E-state index is 13.1. The number of primary amides is 1. The molecule has 0 bridgehead atoms. The first kappa shape index (κ1) is 16.6. The van der Waals surface area contributed by atoms with Crippen LogP contribution in [0.15, 0.2) is 24.3 Å². The van der Waals surface area contributed by atoms with Crippen molar-refractivity contribution in [1.82, 2.24) is 14.9 Å². The minimum atomic E-state index is -4.45. The number of aromatic nitrogens is 2. The molecule has 24 heavy (non-hydrogen) atoms. The molecule has 1 aliphatic rings. The number of hydrogen-bond acceptors (Lipinski definition) is 4. The van der Waals surface area contributed by atoms with Crippen LogP contribution in [-0.4, -0.2) is 40.0 Å². The zero-order chi connectivity index (χ0) is 17.5. The molecule has 2 N–H and O–H groups in total. The summed E-state index contributed by atoms with van der Waals surface area (Å²) >= 11 is 0. The molecule has 1 aliphatic heterocycles. The summed E-state index contributed by atoms with van der Waals surface area (Å²) in [5, 5.41) is 0.908. The van der Waals surface area contributed by atoms with E-state index in [1.807, 2.05) is 31.2 Å². The summed E-state index contributed by atoms with van der Waals surface area (Å²) < 4.78 is 39.3. The molecule has 1 saturated heterocycles. The molecular formula is C16H17F3N4O. The Morgan fingerprint density at radius 2 is 2.00 bits per heavy atom. The zero-order valence-corrected chi connectivity index (χ0v) is 13.0. The molecule has 0 radical (unpaired) electrons. The third-order valence-electron chi connectivity index (χ3n) is 4.39.